The van der Waals surface area contributed by atoms with Crippen LogP contribution in [0.1, 0.15) is 96.8 Å². The van der Waals surface area contributed by atoms with Gasteiger partial charge in [0, 0.05) is 0 Å². The number of unbranched alkanes of at least 4 members (excludes halogenated alkanes) is 14. The topological polar surface area (TPSA) is 54.4 Å². The van der Waals surface area contributed by atoms with E-state index in [-0.39, 0.29) is 35.3 Å². The Labute approximate surface area is 161 Å². The molecule has 0 atom stereocenters. The number of hydrogen-bond acceptors (Lipinski definition) is 2. The van der Waals surface area contributed by atoms with Crippen LogP contribution in [0.4, 0.5) is 0 Å². The Morgan fingerprint density at radius 1 is 0.727 bits per heavy atom. The van der Waals surface area contributed by atoms with E-state index in [1.54, 1.807) is 0 Å². The van der Waals surface area contributed by atoms with Crippen LogP contribution < -0.4 is 29.6 Å². The van der Waals surface area contributed by atoms with Crippen LogP contribution in [-0.4, -0.2) is 18.7 Å². The fourth-order valence-corrected chi connectivity index (χ4v) is 3.04. The van der Waals surface area contributed by atoms with Gasteiger partial charge in [0.2, 0.25) is 0 Å². The van der Waals surface area contributed by atoms with E-state index < -0.39 is 10.1 Å². The van der Waals surface area contributed by atoms with E-state index in [0.29, 0.717) is 6.42 Å². The first-order valence-corrected chi connectivity index (χ1v) is 10.4. The monoisotopic (exact) mass is 342 g/mol. The Hall–Kier alpha value is 0.910. The summed E-state index contributed by atoms with van der Waals surface area (Å²) in [5.41, 5.74) is 0. The quantitative estimate of drug-likeness (QED) is 0.203. The van der Waals surface area contributed by atoms with Gasteiger partial charge < -0.3 is 6.42 Å². The van der Waals surface area contributed by atoms with Crippen LogP contribution in [0.2, 0.25) is 0 Å². The molecule has 0 aliphatic carbocycles. The maximum atomic E-state index is 10.5. The van der Waals surface area contributed by atoms with Crippen molar-refractivity contribution in [3.8, 4) is 0 Å². The number of hydrogen-bond donors (Lipinski definition) is 1. The Kier molecular flexibility index (Phi) is 20.9. The summed E-state index contributed by atoms with van der Waals surface area (Å²) in [6, 6.07) is 0. The molecule has 3 nitrogen and oxygen atoms in total. The fourth-order valence-electron chi connectivity index (χ4n) is 2.51. The summed E-state index contributed by atoms with van der Waals surface area (Å²) >= 11 is 0. The molecule has 0 aromatic heterocycles. The Morgan fingerprint density at radius 2 is 1.14 bits per heavy atom. The summed E-state index contributed by atoms with van der Waals surface area (Å²) in [7, 11) is -3.76. The van der Waals surface area contributed by atoms with E-state index in [1.807, 2.05) is 0 Å². The van der Waals surface area contributed by atoms with Gasteiger partial charge in [0.05, 0.1) is 5.75 Å². The van der Waals surface area contributed by atoms with Crippen molar-refractivity contribution >= 4 is 10.1 Å². The zero-order valence-corrected chi connectivity index (χ0v) is 17.7. The summed E-state index contributed by atoms with van der Waals surface area (Å²) in [6.45, 7) is 2.26. The van der Waals surface area contributed by atoms with Crippen molar-refractivity contribution in [2.45, 2.75) is 96.8 Å². The van der Waals surface area contributed by atoms with Gasteiger partial charge in [-0.1, -0.05) is 84.0 Å². The predicted molar refractivity (Wildman–Crippen MR) is 91.0 cm³/mol. The third-order valence-corrected chi connectivity index (χ3v) is 4.63. The molecule has 128 valence electrons. The van der Waals surface area contributed by atoms with E-state index in [0.717, 1.165) is 12.8 Å². The van der Waals surface area contributed by atoms with Gasteiger partial charge in [-0.15, -0.1) is 0 Å². The summed E-state index contributed by atoms with van der Waals surface area (Å²) in [4.78, 5) is 0. The predicted octanol–water partition coefficient (Wildman–Crippen LogP) is 2.56. The molecule has 0 heterocycles. The van der Waals surface area contributed by atoms with E-state index in [1.165, 1.54) is 70.6 Å². The van der Waals surface area contributed by atoms with E-state index in [4.69, 9.17) is 4.55 Å². The normalized spacial score (nSPS) is 11.4. The number of rotatable bonds is 16. The Morgan fingerprint density at radius 3 is 1.59 bits per heavy atom. The Balaban J connectivity index is 0. The van der Waals surface area contributed by atoms with Crippen molar-refractivity contribution in [3.63, 3.8) is 0 Å². The second kappa shape index (κ2) is 18.3. The average Bonchev–Trinajstić information content (AvgIpc) is 2.42. The minimum absolute atomic E-state index is 0. The maximum absolute atomic E-state index is 10.5. The molecule has 0 aliphatic rings. The van der Waals surface area contributed by atoms with Crippen LogP contribution in [0.5, 0.6) is 0 Å². The van der Waals surface area contributed by atoms with Crippen LogP contribution in [0.25, 0.3) is 0 Å². The van der Waals surface area contributed by atoms with Crippen LogP contribution in [0, 0.1) is 6.42 Å². The van der Waals surface area contributed by atoms with Gasteiger partial charge in [-0.25, -0.2) is 0 Å². The molecule has 5 heteroatoms. The first kappa shape index (κ1) is 25.2. The molecule has 0 spiro atoms. The second-order valence-electron chi connectivity index (χ2n) is 6.04. The van der Waals surface area contributed by atoms with Gasteiger partial charge in [0.15, 0.2) is 0 Å². The summed E-state index contributed by atoms with van der Waals surface area (Å²) in [6.07, 6.45) is 19.4. The average molecular weight is 343 g/mol. The Bertz CT molecular complexity index is 305. The molecule has 0 saturated carbocycles. The first-order chi connectivity index (χ1) is 10.1. The van der Waals surface area contributed by atoms with Crippen molar-refractivity contribution in [1.29, 1.82) is 0 Å². The van der Waals surface area contributed by atoms with Gasteiger partial charge >= 0.3 is 29.6 Å². The third-order valence-electron chi connectivity index (χ3n) is 3.82. The molecule has 0 rings (SSSR count). The molecular weight excluding hydrogens is 307 g/mol. The van der Waals surface area contributed by atoms with Crippen molar-refractivity contribution in [1.82, 2.24) is 0 Å². The van der Waals surface area contributed by atoms with Crippen LogP contribution >= 0.6 is 0 Å². The molecule has 0 aliphatic heterocycles. The molecule has 1 N–H and O–H groups in total. The SMILES string of the molecule is CCCCCCCCCCCCC[CH-]CCCS(=O)(=O)O.[Na+]. The fraction of sp³-hybridized carbons (Fsp3) is 0.941. The molecule has 0 unspecified atom stereocenters. The maximum Gasteiger partial charge on any atom is 1.00 e. The molecule has 0 radical (unpaired) electrons. The molecular formula is C17H35NaO3S. The standard InChI is InChI=1S/C17H35O3S.Na/c1-2-3-4-5-6-7-8-9-10-11-12-13-14-15-16-17-21(18,19)20;/h14H,2-13,15-17H2,1H3,(H,18,19,20);/q-1;+1. The first-order valence-electron chi connectivity index (χ1n) is 8.83. The molecule has 0 bridgehead atoms. The van der Waals surface area contributed by atoms with Gasteiger partial charge in [-0.05, 0) is 0 Å². The third kappa shape index (κ3) is 23.2. The summed E-state index contributed by atoms with van der Waals surface area (Å²) in [5.74, 6) is -0.109. The van der Waals surface area contributed by atoms with Gasteiger partial charge in [-0.2, -0.15) is 21.3 Å². The van der Waals surface area contributed by atoms with Crippen molar-refractivity contribution in [3.05, 3.63) is 6.42 Å². The molecule has 0 aromatic rings. The molecule has 0 saturated heterocycles. The minimum Gasteiger partial charge on any atom is -0.328 e. The minimum atomic E-state index is -3.76. The van der Waals surface area contributed by atoms with Gasteiger partial charge in [0.1, 0.15) is 0 Å². The van der Waals surface area contributed by atoms with Crippen molar-refractivity contribution < 1.29 is 42.5 Å². The zero-order valence-electron chi connectivity index (χ0n) is 14.9. The van der Waals surface area contributed by atoms with E-state index >= 15 is 0 Å². The molecule has 0 fully saturated rings. The van der Waals surface area contributed by atoms with Gasteiger partial charge in [0.25, 0.3) is 10.1 Å². The zero-order chi connectivity index (χ0) is 15.8. The van der Waals surface area contributed by atoms with Gasteiger partial charge in [-0.3, -0.25) is 4.55 Å². The molecule has 22 heavy (non-hydrogen) atoms. The van der Waals surface area contributed by atoms with Crippen LogP contribution in [-0.2, 0) is 10.1 Å². The second-order valence-corrected chi connectivity index (χ2v) is 7.61. The van der Waals surface area contributed by atoms with Crippen LogP contribution in [0.15, 0.2) is 0 Å². The van der Waals surface area contributed by atoms with Crippen molar-refractivity contribution in [2.24, 2.45) is 0 Å². The summed E-state index contributed by atoms with van der Waals surface area (Å²) < 4.78 is 29.6. The summed E-state index contributed by atoms with van der Waals surface area (Å²) in [5, 5.41) is 0. The van der Waals surface area contributed by atoms with Crippen LogP contribution in [0.3, 0.4) is 0 Å². The largest absolute Gasteiger partial charge is 1.00 e. The van der Waals surface area contributed by atoms with E-state index in [9.17, 15) is 8.42 Å². The molecule has 0 aromatic carbocycles. The van der Waals surface area contributed by atoms with E-state index in [2.05, 4.69) is 13.3 Å². The molecule has 0 amide bonds. The smallest absolute Gasteiger partial charge is 0.328 e. The van der Waals surface area contributed by atoms with Crippen molar-refractivity contribution in [2.75, 3.05) is 5.75 Å².